The largest absolute Gasteiger partial charge is 0.419 e. The maximum absolute atomic E-state index is 12.9. The van der Waals surface area contributed by atoms with Crippen molar-refractivity contribution in [1.29, 1.82) is 0 Å². The predicted octanol–water partition coefficient (Wildman–Crippen LogP) is 2.95. The number of anilines is 1. The van der Waals surface area contributed by atoms with Crippen LogP contribution in [-0.2, 0) is 12.4 Å². The Hall–Kier alpha value is -1.22. The highest BCUT2D eigenvalue weighted by molar-refractivity contribution is 5.85. The minimum absolute atomic E-state index is 0. The van der Waals surface area contributed by atoms with E-state index in [2.05, 4.69) is 10.3 Å². The summed E-state index contributed by atoms with van der Waals surface area (Å²) in [5.41, 5.74) is -2.75. The van der Waals surface area contributed by atoms with Crippen LogP contribution in [0.25, 0.3) is 0 Å². The highest BCUT2D eigenvalue weighted by Gasteiger charge is 2.40. The second-order valence-corrected chi connectivity index (χ2v) is 4.33. The molecule has 0 aliphatic carbocycles. The zero-order valence-electron chi connectivity index (χ0n) is 10.6. The lowest BCUT2D eigenvalue weighted by Gasteiger charge is -2.30. The van der Waals surface area contributed by atoms with Gasteiger partial charge in [-0.2, -0.15) is 26.3 Å². The molecule has 3 nitrogen and oxygen atoms in total. The molecule has 120 valence electrons. The summed E-state index contributed by atoms with van der Waals surface area (Å²) >= 11 is 0. The first kappa shape index (κ1) is 17.8. The fourth-order valence-corrected chi connectivity index (χ4v) is 1.95. The Morgan fingerprint density at radius 3 is 2.05 bits per heavy atom. The maximum atomic E-state index is 12.9. The average Bonchev–Trinajstić information content (AvgIpc) is 2.37. The molecular formula is C11H12ClF6N3. The summed E-state index contributed by atoms with van der Waals surface area (Å²) in [6.07, 6.45) is -9.30. The van der Waals surface area contributed by atoms with Crippen LogP contribution in [-0.4, -0.2) is 31.2 Å². The molecule has 2 rings (SSSR count). The van der Waals surface area contributed by atoms with Crippen molar-refractivity contribution >= 4 is 18.2 Å². The molecule has 0 atom stereocenters. The fraction of sp³-hybridized carbons (Fsp3) is 0.545. The minimum Gasteiger partial charge on any atom is -0.354 e. The number of piperazine rings is 1. The minimum atomic E-state index is -4.88. The zero-order valence-corrected chi connectivity index (χ0v) is 11.4. The van der Waals surface area contributed by atoms with Crippen LogP contribution in [0.5, 0.6) is 0 Å². The van der Waals surface area contributed by atoms with Crippen molar-refractivity contribution in [2.75, 3.05) is 31.1 Å². The van der Waals surface area contributed by atoms with Crippen molar-refractivity contribution in [2.24, 2.45) is 0 Å². The first-order chi connectivity index (χ1) is 9.19. The van der Waals surface area contributed by atoms with E-state index in [-0.39, 0.29) is 31.6 Å². The van der Waals surface area contributed by atoms with Crippen LogP contribution in [0.2, 0.25) is 0 Å². The van der Waals surface area contributed by atoms with E-state index in [0.717, 1.165) is 0 Å². The fourth-order valence-electron chi connectivity index (χ4n) is 1.95. The molecule has 1 fully saturated rings. The molecule has 1 aromatic rings. The highest BCUT2D eigenvalue weighted by atomic mass is 35.5. The zero-order chi connectivity index (χ0) is 15.0. The van der Waals surface area contributed by atoms with E-state index in [1.807, 2.05) is 0 Å². The summed E-state index contributed by atoms with van der Waals surface area (Å²) < 4.78 is 76.3. The standard InChI is InChI=1S/C11H11F6N3.ClH/c12-10(13,14)7-5-8(11(15,16)17)9(19-6-7)20-3-1-18-2-4-20;/h5-6,18H,1-4H2;1H. The number of nitrogens with one attached hydrogen (secondary N) is 1. The Balaban J connectivity index is 0.00000220. The lowest BCUT2D eigenvalue weighted by molar-refractivity contribution is -0.143. The molecule has 1 aliphatic rings. The van der Waals surface area contributed by atoms with Crippen molar-refractivity contribution in [1.82, 2.24) is 10.3 Å². The number of hydrogen-bond donors (Lipinski definition) is 1. The molecule has 0 aromatic carbocycles. The van der Waals surface area contributed by atoms with E-state index >= 15 is 0 Å². The lowest BCUT2D eigenvalue weighted by atomic mass is 10.1. The van der Waals surface area contributed by atoms with Gasteiger partial charge in [-0.1, -0.05) is 0 Å². The van der Waals surface area contributed by atoms with Crippen molar-refractivity contribution in [3.63, 3.8) is 0 Å². The van der Waals surface area contributed by atoms with E-state index in [0.29, 0.717) is 19.3 Å². The number of alkyl halides is 6. The molecule has 2 heterocycles. The van der Waals surface area contributed by atoms with E-state index in [1.165, 1.54) is 4.90 Å². The SMILES string of the molecule is Cl.FC(F)(F)c1cnc(N2CCNCC2)c(C(F)(F)F)c1. The van der Waals surface area contributed by atoms with Gasteiger partial charge in [0, 0.05) is 32.4 Å². The van der Waals surface area contributed by atoms with Crippen LogP contribution in [0.15, 0.2) is 12.3 Å². The lowest BCUT2D eigenvalue weighted by Crippen LogP contribution is -2.44. The number of nitrogens with zero attached hydrogens (tertiary/aromatic N) is 2. The second kappa shape index (κ2) is 6.27. The van der Waals surface area contributed by atoms with Crippen LogP contribution in [0, 0.1) is 0 Å². The van der Waals surface area contributed by atoms with Gasteiger partial charge in [0.25, 0.3) is 0 Å². The average molecular weight is 336 g/mol. The summed E-state index contributed by atoms with van der Waals surface area (Å²) in [6.45, 7) is 1.45. The first-order valence-corrected chi connectivity index (χ1v) is 5.79. The van der Waals surface area contributed by atoms with E-state index in [1.54, 1.807) is 0 Å². The number of hydrogen-bond acceptors (Lipinski definition) is 3. The van der Waals surface area contributed by atoms with Gasteiger partial charge in [-0.3, -0.25) is 0 Å². The summed E-state index contributed by atoms with van der Waals surface area (Å²) in [6, 6.07) is 0.115. The molecule has 0 bridgehead atoms. The van der Waals surface area contributed by atoms with Gasteiger partial charge in [0.15, 0.2) is 0 Å². The van der Waals surface area contributed by atoms with Crippen LogP contribution in [0.4, 0.5) is 32.2 Å². The third-order valence-electron chi connectivity index (χ3n) is 2.92. The molecule has 1 aliphatic heterocycles. The molecule has 0 saturated carbocycles. The molecule has 10 heteroatoms. The maximum Gasteiger partial charge on any atom is 0.419 e. The Kier molecular flexibility index (Phi) is 5.32. The summed E-state index contributed by atoms with van der Waals surface area (Å²) in [4.78, 5) is 4.73. The van der Waals surface area contributed by atoms with E-state index in [4.69, 9.17) is 0 Å². The van der Waals surface area contributed by atoms with Gasteiger partial charge in [0.2, 0.25) is 0 Å². The molecule has 21 heavy (non-hydrogen) atoms. The first-order valence-electron chi connectivity index (χ1n) is 5.79. The Labute approximate surface area is 122 Å². The van der Waals surface area contributed by atoms with Gasteiger partial charge in [0.05, 0.1) is 11.1 Å². The molecule has 1 N–H and O–H groups in total. The Morgan fingerprint density at radius 1 is 1.00 bits per heavy atom. The Bertz CT molecular complexity index is 482. The van der Waals surface area contributed by atoms with Crippen molar-refractivity contribution in [3.05, 3.63) is 23.4 Å². The van der Waals surface area contributed by atoms with Gasteiger partial charge in [-0.15, -0.1) is 12.4 Å². The summed E-state index contributed by atoms with van der Waals surface area (Å²) in [5, 5.41) is 2.95. The van der Waals surface area contributed by atoms with Gasteiger partial charge in [0.1, 0.15) is 5.82 Å². The monoisotopic (exact) mass is 335 g/mol. The van der Waals surface area contributed by atoms with Crippen LogP contribution in [0.1, 0.15) is 11.1 Å². The third-order valence-corrected chi connectivity index (χ3v) is 2.92. The molecule has 1 saturated heterocycles. The van der Waals surface area contributed by atoms with Crippen molar-refractivity contribution in [2.45, 2.75) is 12.4 Å². The molecule has 0 amide bonds. The molecule has 1 aromatic heterocycles. The van der Waals surface area contributed by atoms with Gasteiger partial charge in [-0.25, -0.2) is 4.98 Å². The quantitative estimate of drug-likeness (QED) is 0.800. The van der Waals surface area contributed by atoms with Crippen LogP contribution in [0.3, 0.4) is 0 Å². The van der Waals surface area contributed by atoms with Gasteiger partial charge in [-0.05, 0) is 6.07 Å². The van der Waals surface area contributed by atoms with E-state index < -0.39 is 29.3 Å². The van der Waals surface area contributed by atoms with E-state index in [9.17, 15) is 26.3 Å². The predicted molar refractivity (Wildman–Crippen MR) is 66.6 cm³/mol. The number of halogens is 7. The Morgan fingerprint density at radius 2 is 1.57 bits per heavy atom. The smallest absolute Gasteiger partial charge is 0.354 e. The number of pyridine rings is 1. The molecule has 0 radical (unpaired) electrons. The third kappa shape index (κ3) is 4.13. The van der Waals surface area contributed by atoms with Crippen molar-refractivity contribution < 1.29 is 26.3 Å². The molecule has 0 unspecified atom stereocenters. The van der Waals surface area contributed by atoms with Crippen LogP contribution < -0.4 is 10.2 Å². The summed E-state index contributed by atoms with van der Waals surface area (Å²) in [7, 11) is 0. The summed E-state index contributed by atoms with van der Waals surface area (Å²) in [5.74, 6) is -0.452. The molecule has 0 spiro atoms. The van der Waals surface area contributed by atoms with Gasteiger partial charge >= 0.3 is 12.4 Å². The normalized spacial score (nSPS) is 16.6. The topological polar surface area (TPSA) is 28.2 Å². The molecular weight excluding hydrogens is 324 g/mol. The van der Waals surface area contributed by atoms with Crippen molar-refractivity contribution in [3.8, 4) is 0 Å². The second-order valence-electron chi connectivity index (χ2n) is 4.33. The van der Waals surface area contributed by atoms with Gasteiger partial charge < -0.3 is 10.2 Å². The van der Waals surface area contributed by atoms with Crippen LogP contribution >= 0.6 is 12.4 Å². The highest BCUT2D eigenvalue weighted by Crippen LogP contribution is 2.39. The number of rotatable bonds is 1. The number of aromatic nitrogens is 1.